The molecule has 0 unspecified atom stereocenters. The van der Waals surface area contributed by atoms with E-state index in [9.17, 15) is 0 Å². The lowest BCUT2D eigenvalue weighted by atomic mass is 10.1. The van der Waals surface area contributed by atoms with E-state index in [4.69, 9.17) is 14.5 Å². The molecular weight excluding hydrogens is 366 g/mol. The summed E-state index contributed by atoms with van der Waals surface area (Å²) in [4.78, 5) is 11.1. The molecule has 0 atom stereocenters. The molecule has 2 aromatic carbocycles. The van der Waals surface area contributed by atoms with Crippen LogP contribution in [0.5, 0.6) is 11.5 Å². The standard InChI is InChI=1S/C22H23N5O2/c1-26(2)17-8-5-15(6-9-17)21-22(27-12-11-23-14-20(27)25-21)24-16-7-10-18(28-3)19(13-16)29-4/h5-14,24H,1-4H3. The highest BCUT2D eigenvalue weighted by molar-refractivity contribution is 5.80. The number of methoxy groups -OCH3 is 2. The van der Waals surface area contributed by atoms with Gasteiger partial charge in [-0.3, -0.25) is 9.38 Å². The molecule has 2 heterocycles. The minimum absolute atomic E-state index is 0.657. The van der Waals surface area contributed by atoms with Crippen molar-refractivity contribution in [3.8, 4) is 22.8 Å². The van der Waals surface area contributed by atoms with E-state index < -0.39 is 0 Å². The maximum absolute atomic E-state index is 5.43. The summed E-state index contributed by atoms with van der Waals surface area (Å²) in [6.07, 6.45) is 5.38. The fourth-order valence-electron chi connectivity index (χ4n) is 3.20. The number of nitrogens with zero attached hydrogens (tertiary/aromatic N) is 4. The Bertz CT molecular complexity index is 1140. The normalized spacial score (nSPS) is 10.8. The Balaban J connectivity index is 1.80. The van der Waals surface area contributed by atoms with Gasteiger partial charge in [0, 0.05) is 49.5 Å². The van der Waals surface area contributed by atoms with E-state index in [0.717, 1.165) is 34.1 Å². The average molecular weight is 389 g/mol. The van der Waals surface area contributed by atoms with Crippen LogP contribution >= 0.6 is 0 Å². The molecule has 0 bridgehead atoms. The van der Waals surface area contributed by atoms with Gasteiger partial charge in [-0.15, -0.1) is 0 Å². The van der Waals surface area contributed by atoms with Gasteiger partial charge in [-0.05, 0) is 24.3 Å². The third-order valence-electron chi connectivity index (χ3n) is 4.73. The van der Waals surface area contributed by atoms with Crippen LogP contribution < -0.4 is 19.7 Å². The molecule has 7 heteroatoms. The van der Waals surface area contributed by atoms with Gasteiger partial charge in [-0.1, -0.05) is 12.1 Å². The van der Waals surface area contributed by atoms with Gasteiger partial charge in [0.1, 0.15) is 11.5 Å². The van der Waals surface area contributed by atoms with Crippen LogP contribution in [0.25, 0.3) is 16.9 Å². The van der Waals surface area contributed by atoms with Gasteiger partial charge in [0.2, 0.25) is 0 Å². The highest BCUT2D eigenvalue weighted by atomic mass is 16.5. The first-order chi connectivity index (χ1) is 14.1. The lowest BCUT2D eigenvalue weighted by Gasteiger charge is -2.14. The van der Waals surface area contributed by atoms with Crippen molar-refractivity contribution in [2.75, 3.05) is 38.5 Å². The molecule has 0 radical (unpaired) electrons. The molecule has 0 saturated carbocycles. The van der Waals surface area contributed by atoms with Crippen LogP contribution in [0.1, 0.15) is 0 Å². The minimum Gasteiger partial charge on any atom is -0.493 e. The SMILES string of the molecule is COc1ccc(Nc2c(-c3ccc(N(C)C)cc3)nc3cnccn23)cc1OC. The fraction of sp³-hybridized carbons (Fsp3) is 0.182. The second kappa shape index (κ2) is 7.71. The zero-order valence-electron chi connectivity index (χ0n) is 16.9. The van der Waals surface area contributed by atoms with E-state index >= 15 is 0 Å². The van der Waals surface area contributed by atoms with Crippen LogP contribution in [0.15, 0.2) is 61.1 Å². The summed E-state index contributed by atoms with van der Waals surface area (Å²) in [7, 11) is 7.29. The topological polar surface area (TPSA) is 63.9 Å². The predicted octanol–water partition coefficient (Wildman–Crippen LogP) is 4.22. The van der Waals surface area contributed by atoms with Crippen molar-refractivity contribution in [3.05, 3.63) is 61.1 Å². The molecule has 2 aromatic heterocycles. The molecule has 0 fully saturated rings. The number of aromatic nitrogens is 3. The summed E-state index contributed by atoms with van der Waals surface area (Å²) in [6, 6.07) is 14.0. The third kappa shape index (κ3) is 3.54. The monoisotopic (exact) mass is 389 g/mol. The third-order valence-corrected chi connectivity index (χ3v) is 4.73. The number of imidazole rings is 1. The molecule has 148 valence electrons. The largest absolute Gasteiger partial charge is 0.493 e. The van der Waals surface area contributed by atoms with E-state index in [-0.39, 0.29) is 0 Å². The molecule has 0 aliphatic carbocycles. The molecule has 0 aliphatic rings. The second-order valence-electron chi connectivity index (χ2n) is 6.75. The van der Waals surface area contributed by atoms with E-state index in [1.165, 1.54) is 0 Å². The zero-order chi connectivity index (χ0) is 20.4. The van der Waals surface area contributed by atoms with E-state index in [1.54, 1.807) is 26.6 Å². The maximum atomic E-state index is 5.43. The number of rotatable bonds is 6. The van der Waals surface area contributed by atoms with Gasteiger partial charge in [0.25, 0.3) is 0 Å². The zero-order valence-corrected chi connectivity index (χ0v) is 16.9. The molecule has 0 saturated heterocycles. The van der Waals surface area contributed by atoms with Gasteiger partial charge in [-0.25, -0.2) is 4.98 Å². The molecule has 1 N–H and O–H groups in total. The first kappa shape index (κ1) is 18.6. The van der Waals surface area contributed by atoms with Crippen molar-refractivity contribution in [2.45, 2.75) is 0 Å². The molecule has 29 heavy (non-hydrogen) atoms. The molecule has 7 nitrogen and oxygen atoms in total. The number of hydrogen-bond donors (Lipinski definition) is 1. The summed E-state index contributed by atoms with van der Waals surface area (Å²) in [5, 5.41) is 3.48. The van der Waals surface area contributed by atoms with E-state index in [1.807, 2.05) is 42.9 Å². The Morgan fingerprint density at radius 3 is 2.41 bits per heavy atom. The van der Waals surface area contributed by atoms with Gasteiger partial charge in [0.05, 0.1) is 20.4 Å². The summed E-state index contributed by atoms with van der Waals surface area (Å²) < 4.78 is 12.8. The molecule has 4 aromatic rings. The minimum atomic E-state index is 0.657. The number of hydrogen-bond acceptors (Lipinski definition) is 6. The molecule has 0 amide bonds. The van der Waals surface area contributed by atoms with Crippen molar-refractivity contribution in [2.24, 2.45) is 0 Å². The predicted molar refractivity (Wildman–Crippen MR) is 116 cm³/mol. The van der Waals surface area contributed by atoms with E-state index in [0.29, 0.717) is 11.5 Å². The summed E-state index contributed by atoms with van der Waals surface area (Å²) in [6.45, 7) is 0. The molecular formula is C22H23N5O2. The summed E-state index contributed by atoms with van der Waals surface area (Å²) in [5.41, 5.74) is 4.63. The van der Waals surface area contributed by atoms with Gasteiger partial charge >= 0.3 is 0 Å². The van der Waals surface area contributed by atoms with Crippen molar-refractivity contribution >= 4 is 22.8 Å². The molecule has 4 rings (SSSR count). The Labute approximate surface area is 169 Å². The Morgan fingerprint density at radius 1 is 0.966 bits per heavy atom. The van der Waals surface area contributed by atoms with Gasteiger partial charge in [0.15, 0.2) is 17.1 Å². The first-order valence-electron chi connectivity index (χ1n) is 9.19. The molecule has 0 aliphatic heterocycles. The van der Waals surface area contributed by atoms with Crippen LogP contribution in [0.3, 0.4) is 0 Å². The lowest BCUT2D eigenvalue weighted by Crippen LogP contribution is -2.07. The van der Waals surface area contributed by atoms with Crippen molar-refractivity contribution in [1.82, 2.24) is 14.4 Å². The second-order valence-corrected chi connectivity index (χ2v) is 6.75. The van der Waals surface area contributed by atoms with Crippen molar-refractivity contribution in [1.29, 1.82) is 0 Å². The highest BCUT2D eigenvalue weighted by Gasteiger charge is 2.15. The number of fused-ring (bicyclic) bond motifs is 1. The average Bonchev–Trinajstić information content (AvgIpc) is 3.12. The quantitative estimate of drug-likeness (QED) is 0.533. The maximum Gasteiger partial charge on any atom is 0.162 e. The smallest absolute Gasteiger partial charge is 0.162 e. The van der Waals surface area contributed by atoms with Crippen LogP contribution in [0.4, 0.5) is 17.2 Å². The van der Waals surface area contributed by atoms with Gasteiger partial charge < -0.3 is 19.7 Å². The fourth-order valence-corrected chi connectivity index (χ4v) is 3.20. The van der Waals surface area contributed by atoms with Crippen molar-refractivity contribution in [3.63, 3.8) is 0 Å². The van der Waals surface area contributed by atoms with Crippen LogP contribution in [-0.4, -0.2) is 42.7 Å². The number of ether oxygens (including phenoxy) is 2. The Morgan fingerprint density at radius 2 is 1.72 bits per heavy atom. The number of nitrogens with one attached hydrogen (secondary N) is 1. The van der Waals surface area contributed by atoms with Crippen molar-refractivity contribution < 1.29 is 9.47 Å². The summed E-state index contributed by atoms with van der Waals surface area (Å²) >= 11 is 0. The highest BCUT2D eigenvalue weighted by Crippen LogP contribution is 2.35. The van der Waals surface area contributed by atoms with Crippen LogP contribution in [0, 0.1) is 0 Å². The van der Waals surface area contributed by atoms with Crippen LogP contribution in [-0.2, 0) is 0 Å². The Kier molecular flexibility index (Phi) is 4.95. The first-order valence-corrected chi connectivity index (χ1v) is 9.19. The van der Waals surface area contributed by atoms with Crippen LogP contribution in [0.2, 0.25) is 0 Å². The summed E-state index contributed by atoms with van der Waals surface area (Å²) in [5.74, 6) is 2.19. The lowest BCUT2D eigenvalue weighted by molar-refractivity contribution is 0.355. The molecule has 0 spiro atoms. The Hall–Kier alpha value is -3.74. The number of benzene rings is 2. The van der Waals surface area contributed by atoms with E-state index in [2.05, 4.69) is 39.5 Å². The number of anilines is 3. The van der Waals surface area contributed by atoms with Gasteiger partial charge in [-0.2, -0.15) is 0 Å².